The zero-order valence-corrected chi connectivity index (χ0v) is 14.1. The normalized spacial score (nSPS) is 15.1. The maximum absolute atomic E-state index is 12.2. The van der Waals surface area contributed by atoms with Crippen molar-refractivity contribution in [2.24, 2.45) is 0 Å². The van der Waals surface area contributed by atoms with Crippen molar-refractivity contribution < 1.29 is 4.79 Å². The van der Waals surface area contributed by atoms with Gasteiger partial charge < -0.3 is 4.90 Å². The molecular weight excluding hydrogens is 298 g/mol. The number of likely N-dealkylation sites (tertiary alicyclic amines) is 1. The molecule has 1 amide bonds. The van der Waals surface area contributed by atoms with Gasteiger partial charge in [0.05, 0.1) is 16.7 Å². The van der Waals surface area contributed by atoms with Crippen molar-refractivity contribution >= 4 is 17.2 Å². The van der Waals surface area contributed by atoms with Gasteiger partial charge in [-0.25, -0.2) is 14.6 Å². The van der Waals surface area contributed by atoms with E-state index in [-0.39, 0.29) is 11.9 Å². The summed E-state index contributed by atoms with van der Waals surface area (Å²) in [6, 6.07) is 0.284. The summed E-state index contributed by atoms with van der Waals surface area (Å²) in [5.74, 6) is 1.95. The van der Waals surface area contributed by atoms with Crippen molar-refractivity contribution in [2.75, 3.05) is 13.1 Å². The van der Waals surface area contributed by atoms with Crippen LogP contribution in [0.25, 0.3) is 0 Å². The highest BCUT2D eigenvalue weighted by Gasteiger charge is 2.33. The summed E-state index contributed by atoms with van der Waals surface area (Å²) in [5, 5.41) is 7.56. The number of aryl methyl sites for hydroxylation is 4. The van der Waals surface area contributed by atoms with Gasteiger partial charge in [0.2, 0.25) is 5.91 Å². The fourth-order valence-electron chi connectivity index (χ4n) is 2.80. The smallest absolute Gasteiger partial charge is 0.222 e. The first-order chi connectivity index (χ1) is 10.5. The highest BCUT2D eigenvalue weighted by Crippen LogP contribution is 2.23. The summed E-state index contributed by atoms with van der Waals surface area (Å²) in [6.45, 7) is 7.36. The Kier molecular flexibility index (Phi) is 4.24. The zero-order chi connectivity index (χ0) is 15.7. The Morgan fingerprint density at radius 2 is 2.09 bits per heavy atom. The maximum atomic E-state index is 12.2. The number of carbonyl (C=O) groups is 1. The molecule has 2 aromatic rings. The van der Waals surface area contributed by atoms with Crippen molar-refractivity contribution in [1.82, 2.24) is 24.6 Å². The highest BCUT2D eigenvalue weighted by molar-refractivity contribution is 7.09. The lowest BCUT2D eigenvalue weighted by Gasteiger charge is -2.39. The van der Waals surface area contributed by atoms with Gasteiger partial charge in [-0.3, -0.25) is 4.79 Å². The first-order valence-electron chi connectivity index (χ1n) is 7.61. The van der Waals surface area contributed by atoms with Crippen LogP contribution in [0.15, 0.2) is 5.38 Å². The largest absolute Gasteiger partial charge is 0.338 e. The molecule has 0 bridgehead atoms. The molecule has 3 heterocycles. The van der Waals surface area contributed by atoms with Crippen LogP contribution in [0.3, 0.4) is 0 Å². The summed E-state index contributed by atoms with van der Waals surface area (Å²) in [6.07, 6.45) is 2.35. The SMILES string of the molecule is Cc1nc(C)n(C2CN(C(=O)CCCc3csc(C)n3)C2)n1. The van der Waals surface area contributed by atoms with E-state index in [1.54, 1.807) is 11.3 Å². The van der Waals surface area contributed by atoms with Crippen LogP contribution in [0, 0.1) is 20.8 Å². The minimum Gasteiger partial charge on any atom is -0.338 e. The fraction of sp³-hybridized carbons (Fsp3) is 0.600. The molecule has 6 nitrogen and oxygen atoms in total. The predicted molar refractivity (Wildman–Crippen MR) is 84.9 cm³/mol. The quantitative estimate of drug-likeness (QED) is 0.846. The first kappa shape index (κ1) is 15.1. The third-order valence-electron chi connectivity index (χ3n) is 3.96. The van der Waals surface area contributed by atoms with Gasteiger partial charge in [-0.05, 0) is 33.6 Å². The molecule has 118 valence electrons. The Morgan fingerprint density at radius 3 is 2.68 bits per heavy atom. The monoisotopic (exact) mass is 319 g/mol. The van der Waals surface area contributed by atoms with E-state index in [2.05, 4.69) is 20.4 Å². The number of rotatable bonds is 5. The Morgan fingerprint density at radius 1 is 1.32 bits per heavy atom. The van der Waals surface area contributed by atoms with E-state index in [1.165, 1.54) is 0 Å². The van der Waals surface area contributed by atoms with E-state index in [0.717, 1.165) is 48.3 Å². The van der Waals surface area contributed by atoms with Crippen molar-refractivity contribution in [2.45, 2.75) is 46.1 Å². The molecule has 0 aliphatic carbocycles. The highest BCUT2D eigenvalue weighted by atomic mass is 32.1. The average molecular weight is 319 g/mol. The number of carbonyl (C=O) groups excluding carboxylic acids is 1. The van der Waals surface area contributed by atoms with Gasteiger partial charge in [-0.1, -0.05) is 0 Å². The number of aromatic nitrogens is 4. The fourth-order valence-corrected chi connectivity index (χ4v) is 3.44. The molecule has 1 fully saturated rings. The molecular formula is C15H21N5OS. The van der Waals surface area contributed by atoms with Crippen LogP contribution >= 0.6 is 11.3 Å². The lowest BCUT2D eigenvalue weighted by molar-refractivity contribution is -0.137. The number of hydrogen-bond acceptors (Lipinski definition) is 5. The van der Waals surface area contributed by atoms with E-state index in [1.807, 2.05) is 30.4 Å². The van der Waals surface area contributed by atoms with E-state index >= 15 is 0 Å². The Balaban J connectivity index is 1.42. The third kappa shape index (κ3) is 3.19. The summed E-state index contributed by atoms with van der Waals surface area (Å²) in [5.41, 5.74) is 1.10. The zero-order valence-electron chi connectivity index (χ0n) is 13.2. The van der Waals surface area contributed by atoms with Crippen molar-refractivity contribution in [3.05, 3.63) is 27.7 Å². The van der Waals surface area contributed by atoms with Crippen molar-refractivity contribution in [3.8, 4) is 0 Å². The van der Waals surface area contributed by atoms with Gasteiger partial charge in [-0.15, -0.1) is 11.3 Å². The van der Waals surface area contributed by atoms with Gasteiger partial charge in [0, 0.05) is 24.9 Å². The van der Waals surface area contributed by atoms with E-state index in [9.17, 15) is 4.79 Å². The van der Waals surface area contributed by atoms with E-state index in [4.69, 9.17) is 0 Å². The van der Waals surface area contributed by atoms with Gasteiger partial charge in [0.25, 0.3) is 0 Å². The van der Waals surface area contributed by atoms with Crippen molar-refractivity contribution in [3.63, 3.8) is 0 Å². The second kappa shape index (κ2) is 6.16. The maximum Gasteiger partial charge on any atom is 0.222 e. The van der Waals surface area contributed by atoms with Crippen LogP contribution in [0.4, 0.5) is 0 Å². The second-order valence-electron chi connectivity index (χ2n) is 5.81. The number of hydrogen-bond donors (Lipinski definition) is 0. The molecule has 0 radical (unpaired) electrons. The van der Waals surface area contributed by atoms with Crippen molar-refractivity contribution in [1.29, 1.82) is 0 Å². The number of thiazole rings is 1. The van der Waals surface area contributed by atoms with E-state index < -0.39 is 0 Å². The first-order valence-corrected chi connectivity index (χ1v) is 8.49. The predicted octanol–water partition coefficient (Wildman–Crippen LogP) is 2.07. The second-order valence-corrected chi connectivity index (χ2v) is 6.88. The van der Waals surface area contributed by atoms with E-state index in [0.29, 0.717) is 6.42 Å². The minimum absolute atomic E-state index is 0.234. The summed E-state index contributed by atoms with van der Waals surface area (Å²) in [7, 11) is 0. The van der Waals surface area contributed by atoms with Crippen LogP contribution in [0.2, 0.25) is 0 Å². The van der Waals surface area contributed by atoms with Gasteiger partial charge in [0.1, 0.15) is 11.6 Å². The topological polar surface area (TPSA) is 63.9 Å². The standard InChI is InChI=1S/C15H21N5OS/c1-10-16-11(2)20(18-10)14-7-19(8-14)15(21)6-4-5-13-9-22-12(3)17-13/h9,14H,4-8H2,1-3H3. The Bertz CT molecular complexity index is 671. The molecule has 0 saturated carbocycles. The Hall–Kier alpha value is -1.76. The number of amides is 1. The van der Waals surface area contributed by atoms with Crippen LogP contribution in [0.5, 0.6) is 0 Å². The Labute approximate surface area is 134 Å². The molecule has 0 unspecified atom stereocenters. The number of nitrogens with zero attached hydrogens (tertiary/aromatic N) is 5. The molecule has 1 aliphatic rings. The molecule has 0 spiro atoms. The van der Waals surface area contributed by atoms with Gasteiger partial charge in [0.15, 0.2) is 0 Å². The molecule has 3 rings (SSSR count). The van der Waals surface area contributed by atoms with Gasteiger partial charge >= 0.3 is 0 Å². The minimum atomic E-state index is 0.234. The van der Waals surface area contributed by atoms with Gasteiger partial charge in [-0.2, -0.15) is 5.10 Å². The molecule has 1 saturated heterocycles. The van der Waals surface area contributed by atoms with Crippen LogP contribution in [-0.4, -0.2) is 43.6 Å². The molecule has 0 aromatic carbocycles. The molecule has 2 aromatic heterocycles. The molecule has 22 heavy (non-hydrogen) atoms. The van der Waals surface area contributed by atoms with Crippen LogP contribution in [-0.2, 0) is 11.2 Å². The molecule has 7 heteroatoms. The lowest BCUT2D eigenvalue weighted by atomic mass is 10.1. The summed E-state index contributed by atoms with van der Waals surface area (Å²) in [4.78, 5) is 22.8. The summed E-state index contributed by atoms with van der Waals surface area (Å²) < 4.78 is 1.94. The molecule has 1 aliphatic heterocycles. The lowest BCUT2D eigenvalue weighted by Crippen LogP contribution is -2.51. The molecule has 0 atom stereocenters. The van der Waals surface area contributed by atoms with Crippen LogP contribution in [0.1, 0.15) is 41.2 Å². The third-order valence-corrected chi connectivity index (χ3v) is 4.78. The van der Waals surface area contributed by atoms with Crippen LogP contribution < -0.4 is 0 Å². The molecule has 0 N–H and O–H groups in total. The average Bonchev–Trinajstić information content (AvgIpc) is 2.94. The summed E-state index contributed by atoms with van der Waals surface area (Å²) >= 11 is 1.66.